The van der Waals surface area contributed by atoms with Crippen LogP contribution in [0, 0.1) is 0 Å². The summed E-state index contributed by atoms with van der Waals surface area (Å²) in [6, 6.07) is 7.91. The Bertz CT molecular complexity index is 1060. The van der Waals surface area contributed by atoms with Crippen molar-refractivity contribution in [2.45, 2.75) is 56.9 Å². The van der Waals surface area contributed by atoms with Crippen molar-refractivity contribution in [1.82, 2.24) is 24.6 Å². The first-order valence-electron chi connectivity index (χ1n) is 10.7. The van der Waals surface area contributed by atoms with E-state index >= 15 is 0 Å². The van der Waals surface area contributed by atoms with Gasteiger partial charge in [-0.05, 0) is 37.8 Å². The second-order valence-electron chi connectivity index (χ2n) is 8.37. The van der Waals surface area contributed by atoms with E-state index in [2.05, 4.69) is 15.2 Å². The fourth-order valence-electron chi connectivity index (χ4n) is 5.10. The van der Waals surface area contributed by atoms with Crippen LogP contribution in [0.1, 0.15) is 73.0 Å². The number of para-hydroxylation sites is 2. The number of fused-ring (bicyclic) bond motifs is 1. The van der Waals surface area contributed by atoms with Crippen LogP contribution in [0.4, 0.5) is 0 Å². The highest BCUT2D eigenvalue weighted by Crippen LogP contribution is 2.34. The fourth-order valence-corrected chi connectivity index (χ4v) is 5.10. The standard InChI is InChI=1S/C22H27N5O2/c28-21(17-14-23-25-20(17)15-6-2-1-3-7-15)26-12-10-16(11-13-26)27-19-9-5-4-8-18(19)24-22(27)29/h4-5,8-9,14-16H,1-3,6-7,10-13H2,(H,23,25)(H,24,29). The summed E-state index contributed by atoms with van der Waals surface area (Å²) in [4.78, 5) is 30.5. The van der Waals surface area contributed by atoms with E-state index in [0.29, 0.717) is 19.0 Å². The number of rotatable bonds is 3. The monoisotopic (exact) mass is 393 g/mol. The number of nitrogens with zero attached hydrogens (tertiary/aromatic N) is 3. The van der Waals surface area contributed by atoms with E-state index in [-0.39, 0.29) is 17.6 Å². The van der Waals surface area contributed by atoms with Gasteiger partial charge < -0.3 is 9.88 Å². The molecule has 29 heavy (non-hydrogen) atoms. The lowest BCUT2D eigenvalue weighted by Gasteiger charge is -2.33. The van der Waals surface area contributed by atoms with Gasteiger partial charge in [0.2, 0.25) is 0 Å². The Morgan fingerprint density at radius 1 is 1.03 bits per heavy atom. The average molecular weight is 393 g/mol. The minimum absolute atomic E-state index is 0.0644. The Balaban J connectivity index is 1.31. The number of hydrogen-bond donors (Lipinski definition) is 2. The predicted molar refractivity (Wildman–Crippen MR) is 111 cm³/mol. The molecular formula is C22H27N5O2. The highest BCUT2D eigenvalue weighted by molar-refractivity contribution is 5.95. The van der Waals surface area contributed by atoms with E-state index in [1.165, 1.54) is 19.3 Å². The number of carbonyl (C=O) groups is 1. The molecule has 0 radical (unpaired) electrons. The molecule has 7 nitrogen and oxygen atoms in total. The normalized spacial score (nSPS) is 19.1. The van der Waals surface area contributed by atoms with Gasteiger partial charge in [0.25, 0.3) is 5.91 Å². The highest BCUT2D eigenvalue weighted by Gasteiger charge is 2.30. The molecule has 1 saturated carbocycles. The molecule has 3 aromatic rings. The zero-order valence-electron chi connectivity index (χ0n) is 16.6. The van der Waals surface area contributed by atoms with Crippen LogP contribution in [0.25, 0.3) is 11.0 Å². The van der Waals surface area contributed by atoms with Crippen LogP contribution in [0.3, 0.4) is 0 Å². The summed E-state index contributed by atoms with van der Waals surface area (Å²) >= 11 is 0. The van der Waals surface area contributed by atoms with Gasteiger partial charge >= 0.3 is 5.69 Å². The molecule has 0 unspecified atom stereocenters. The molecule has 2 fully saturated rings. The van der Waals surface area contributed by atoms with Gasteiger partial charge in [0.15, 0.2) is 0 Å². The zero-order chi connectivity index (χ0) is 19.8. The third kappa shape index (κ3) is 3.28. The summed E-state index contributed by atoms with van der Waals surface area (Å²) in [5.41, 5.74) is 3.50. The summed E-state index contributed by atoms with van der Waals surface area (Å²) in [5, 5.41) is 7.30. The minimum atomic E-state index is -0.0644. The number of piperidine rings is 1. The highest BCUT2D eigenvalue weighted by atomic mass is 16.2. The summed E-state index contributed by atoms with van der Waals surface area (Å²) in [7, 11) is 0. The zero-order valence-corrected chi connectivity index (χ0v) is 16.6. The Morgan fingerprint density at radius 2 is 1.79 bits per heavy atom. The summed E-state index contributed by atoms with van der Waals surface area (Å²) in [6.45, 7) is 1.31. The van der Waals surface area contributed by atoms with Crippen LogP contribution >= 0.6 is 0 Å². The SMILES string of the molecule is O=C(c1cn[nH]c1C1CCCCC1)N1CCC(n2c(=O)[nH]c3ccccc32)CC1. The number of nitrogens with one attached hydrogen (secondary N) is 2. The van der Waals surface area contributed by atoms with Crippen molar-refractivity contribution in [2.75, 3.05) is 13.1 Å². The number of carbonyl (C=O) groups excluding carboxylic acids is 1. The number of hydrogen-bond acceptors (Lipinski definition) is 3. The van der Waals surface area contributed by atoms with Crippen molar-refractivity contribution in [3.63, 3.8) is 0 Å². The van der Waals surface area contributed by atoms with Crippen LogP contribution in [0.2, 0.25) is 0 Å². The van der Waals surface area contributed by atoms with E-state index in [0.717, 1.165) is 48.0 Å². The molecule has 3 heterocycles. The third-order valence-corrected chi connectivity index (χ3v) is 6.65. The number of imidazole rings is 1. The average Bonchev–Trinajstić information content (AvgIpc) is 3.38. The smallest absolute Gasteiger partial charge is 0.326 e. The molecule has 1 amide bonds. The molecule has 0 atom stereocenters. The Morgan fingerprint density at radius 3 is 2.59 bits per heavy atom. The lowest BCUT2D eigenvalue weighted by Crippen LogP contribution is -2.40. The van der Waals surface area contributed by atoms with E-state index in [9.17, 15) is 9.59 Å². The molecule has 1 aliphatic carbocycles. The largest absolute Gasteiger partial charge is 0.338 e. The quantitative estimate of drug-likeness (QED) is 0.713. The number of benzene rings is 1. The van der Waals surface area contributed by atoms with Gasteiger partial charge in [-0.3, -0.25) is 14.5 Å². The molecule has 152 valence electrons. The molecule has 5 rings (SSSR count). The van der Waals surface area contributed by atoms with Gasteiger partial charge in [0, 0.05) is 25.0 Å². The fraction of sp³-hybridized carbons (Fsp3) is 0.500. The van der Waals surface area contributed by atoms with Crippen molar-refractivity contribution in [3.8, 4) is 0 Å². The maximum Gasteiger partial charge on any atom is 0.326 e. The van der Waals surface area contributed by atoms with Crippen LogP contribution in [0.15, 0.2) is 35.3 Å². The number of aromatic amines is 2. The molecule has 1 saturated heterocycles. The van der Waals surface area contributed by atoms with Gasteiger partial charge in [0.1, 0.15) is 0 Å². The van der Waals surface area contributed by atoms with E-state index < -0.39 is 0 Å². The molecule has 0 spiro atoms. The third-order valence-electron chi connectivity index (χ3n) is 6.65. The second-order valence-corrected chi connectivity index (χ2v) is 8.37. The first-order chi connectivity index (χ1) is 14.2. The maximum atomic E-state index is 13.2. The number of amides is 1. The lowest BCUT2D eigenvalue weighted by atomic mass is 9.85. The molecule has 1 aromatic carbocycles. The summed E-state index contributed by atoms with van der Waals surface area (Å²) in [5.74, 6) is 0.497. The van der Waals surface area contributed by atoms with Gasteiger partial charge in [-0.2, -0.15) is 5.10 Å². The van der Waals surface area contributed by atoms with Crippen molar-refractivity contribution in [2.24, 2.45) is 0 Å². The lowest BCUT2D eigenvalue weighted by molar-refractivity contribution is 0.0693. The number of H-pyrrole nitrogens is 2. The van der Waals surface area contributed by atoms with Crippen LogP contribution < -0.4 is 5.69 Å². The van der Waals surface area contributed by atoms with Gasteiger partial charge in [0.05, 0.1) is 28.5 Å². The Labute approximate surface area is 169 Å². The van der Waals surface area contributed by atoms with Crippen molar-refractivity contribution >= 4 is 16.9 Å². The first-order valence-corrected chi connectivity index (χ1v) is 10.7. The molecule has 2 aliphatic rings. The first kappa shape index (κ1) is 18.2. The van der Waals surface area contributed by atoms with E-state index in [1.807, 2.05) is 33.7 Å². The summed E-state index contributed by atoms with van der Waals surface area (Å²) < 4.78 is 1.86. The van der Waals surface area contributed by atoms with Crippen LogP contribution in [-0.4, -0.2) is 43.6 Å². The van der Waals surface area contributed by atoms with Crippen molar-refractivity contribution in [3.05, 3.63) is 52.2 Å². The second kappa shape index (κ2) is 7.54. The minimum Gasteiger partial charge on any atom is -0.338 e. The predicted octanol–water partition coefficient (Wildman–Crippen LogP) is 3.58. The van der Waals surface area contributed by atoms with E-state index in [4.69, 9.17) is 0 Å². The summed E-state index contributed by atoms with van der Waals surface area (Å²) in [6.07, 6.45) is 9.26. The number of likely N-dealkylation sites (tertiary alicyclic amines) is 1. The molecular weight excluding hydrogens is 366 g/mol. The Hall–Kier alpha value is -2.83. The number of aromatic nitrogens is 4. The molecule has 2 aromatic heterocycles. The maximum absolute atomic E-state index is 13.2. The van der Waals surface area contributed by atoms with E-state index in [1.54, 1.807) is 6.20 Å². The Kier molecular flexibility index (Phi) is 4.73. The molecule has 0 bridgehead atoms. The molecule has 2 N–H and O–H groups in total. The van der Waals surface area contributed by atoms with Crippen molar-refractivity contribution < 1.29 is 4.79 Å². The van der Waals surface area contributed by atoms with Crippen LogP contribution in [-0.2, 0) is 0 Å². The van der Waals surface area contributed by atoms with Crippen LogP contribution in [0.5, 0.6) is 0 Å². The van der Waals surface area contributed by atoms with Gasteiger partial charge in [-0.15, -0.1) is 0 Å². The van der Waals surface area contributed by atoms with Gasteiger partial charge in [-0.1, -0.05) is 31.4 Å². The molecule has 7 heteroatoms. The van der Waals surface area contributed by atoms with Crippen molar-refractivity contribution in [1.29, 1.82) is 0 Å². The van der Waals surface area contributed by atoms with Gasteiger partial charge in [-0.25, -0.2) is 4.79 Å². The topological polar surface area (TPSA) is 86.8 Å². The molecule has 1 aliphatic heterocycles.